The molecule has 3 rings (SSSR count). The molecule has 2 aliphatic rings. The summed E-state index contributed by atoms with van der Waals surface area (Å²) < 4.78 is 10.9. The average Bonchev–Trinajstić information content (AvgIpc) is 2.92. The summed E-state index contributed by atoms with van der Waals surface area (Å²) in [5.41, 5.74) is 0.974. The number of hydrogen-bond acceptors (Lipinski definition) is 6. The molecule has 2 heterocycles. The quantitative estimate of drug-likeness (QED) is 0.534. The lowest BCUT2D eigenvalue weighted by Gasteiger charge is -2.36. The number of carboxylic acid groups (broad SMARTS) is 2. The summed E-state index contributed by atoms with van der Waals surface area (Å²) in [6, 6.07) is 8.82. The van der Waals surface area contributed by atoms with Crippen molar-refractivity contribution in [2.45, 2.75) is 56.7 Å². The van der Waals surface area contributed by atoms with Crippen molar-refractivity contribution in [2.75, 3.05) is 14.2 Å². The first kappa shape index (κ1) is 23.4. The van der Waals surface area contributed by atoms with Crippen LogP contribution in [0.1, 0.15) is 44.1 Å². The van der Waals surface area contributed by atoms with E-state index in [-0.39, 0.29) is 18.0 Å². The fraction of sp³-hybridized carbons (Fsp3) is 0.500. The van der Waals surface area contributed by atoms with Gasteiger partial charge in [0.25, 0.3) is 0 Å². The van der Waals surface area contributed by atoms with E-state index in [0.717, 1.165) is 24.2 Å². The summed E-state index contributed by atoms with van der Waals surface area (Å²) in [7, 11) is 3.83. The van der Waals surface area contributed by atoms with Crippen LogP contribution < -0.4 is 4.74 Å². The topological polar surface area (TPSA) is 113 Å². The minimum absolute atomic E-state index is 0.0851. The summed E-state index contributed by atoms with van der Waals surface area (Å²) in [5.74, 6) is -2.06. The number of esters is 1. The number of rotatable bonds is 6. The standard InChI is InChI=1S/C18H25NO3.C4H4O4/c1-12(13-4-8-16(21-3)9-5-13)18(20)22-17-10-14-6-7-15(11-17)19(14)2;5-3(6)1-2-4(7)8/h4-5,8-9,12,14-15,17H,6-7,10-11H2,1-3H3;1-2H,(H,5,6)(H,7,8)/b;2-1-. The Morgan fingerprint density at radius 3 is 1.97 bits per heavy atom. The van der Waals surface area contributed by atoms with Gasteiger partial charge in [-0.3, -0.25) is 4.79 Å². The van der Waals surface area contributed by atoms with E-state index in [1.54, 1.807) is 7.11 Å². The molecule has 0 amide bonds. The Morgan fingerprint density at radius 2 is 1.53 bits per heavy atom. The third-order valence-electron chi connectivity index (χ3n) is 5.68. The highest BCUT2D eigenvalue weighted by molar-refractivity contribution is 5.89. The van der Waals surface area contributed by atoms with Crippen LogP contribution in [0.25, 0.3) is 0 Å². The van der Waals surface area contributed by atoms with Crippen LogP contribution in [0.3, 0.4) is 0 Å². The fourth-order valence-electron chi connectivity index (χ4n) is 3.90. The van der Waals surface area contributed by atoms with Crippen LogP contribution in [0.2, 0.25) is 0 Å². The molecule has 3 atom stereocenters. The normalized spacial score (nSPS) is 23.9. The van der Waals surface area contributed by atoms with E-state index in [0.29, 0.717) is 24.2 Å². The third kappa shape index (κ3) is 6.59. The lowest BCUT2D eigenvalue weighted by atomic mass is 9.99. The zero-order valence-electron chi connectivity index (χ0n) is 17.5. The highest BCUT2D eigenvalue weighted by Crippen LogP contribution is 2.36. The van der Waals surface area contributed by atoms with Gasteiger partial charge < -0.3 is 24.6 Å². The lowest BCUT2D eigenvalue weighted by molar-refractivity contribution is -0.153. The molecule has 8 heteroatoms. The van der Waals surface area contributed by atoms with Gasteiger partial charge in [0.15, 0.2) is 0 Å². The molecule has 1 aromatic rings. The number of nitrogens with zero attached hydrogens (tertiary/aromatic N) is 1. The second-order valence-electron chi connectivity index (χ2n) is 7.59. The zero-order valence-corrected chi connectivity index (χ0v) is 17.5. The van der Waals surface area contributed by atoms with Gasteiger partial charge in [-0.05, 0) is 57.4 Å². The Labute approximate surface area is 176 Å². The minimum Gasteiger partial charge on any atom is -0.497 e. The largest absolute Gasteiger partial charge is 0.497 e. The monoisotopic (exact) mass is 419 g/mol. The van der Waals surface area contributed by atoms with Crippen LogP contribution >= 0.6 is 0 Å². The van der Waals surface area contributed by atoms with Gasteiger partial charge in [-0.15, -0.1) is 0 Å². The van der Waals surface area contributed by atoms with Crippen molar-refractivity contribution >= 4 is 17.9 Å². The van der Waals surface area contributed by atoms with E-state index in [4.69, 9.17) is 19.7 Å². The van der Waals surface area contributed by atoms with Crippen molar-refractivity contribution < 1.29 is 34.1 Å². The summed E-state index contributed by atoms with van der Waals surface area (Å²) >= 11 is 0. The Balaban J connectivity index is 0.000000343. The zero-order chi connectivity index (χ0) is 22.3. The van der Waals surface area contributed by atoms with E-state index in [9.17, 15) is 14.4 Å². The van der Waals surface area contributed by atoms with E-state index < -0.39 is 11.9 Å². The first-order chi connectivity index (χ1) is 14.2. The summed E-state index contributed by atoms with van der Waals surface area (Å²) in [6.07, 6.45) is 5.64. The van der Waals surface area contributed by atoms with Crippen LogP contribution in [0.15, 0.2) is 36.4 Å². The lowest BCUT2D eigenvalue weighted by Crippen LogP contribution is -2.43. The number of carbonyl (C=O) groups is 3. The van der Waals surface area contributed by atoms with Crippen LogP contribution in [0.4, 0.5) is 0 Å². The molecule has 8 nitrogen and oxygen atoms in total. The highest BCUT2D eigenvalue weighted by atomic mass is 16.5. The van der Waals surface area contributed by atoms with E-state index in [1.807, 2.05) is 31.2 Å². The van der Waals surface area contributed by atoms with Gasteiger partial charge in [-0.1, -0.05) is 12.1 Å². The van der Waals surface area contributed by atoms with Gasteiger partial charge in [0, 0.05) is 24.2 Å². The Morgan fingerprint density at radius 1 is 1.03 bits per heavy atom. The minimum atomic E-state index is -1.26. The number of piperidine rings is 1. The number of fused-ring (bicyclic) bond motifs is 2. The molecule has 0 saturated carbocycles. The number of hydrogen-bond donors (Lipinski definition) is 2. The molecular weight excluding hydrogens is 390 g/mol. The van der Waals surface area contributed by atoms with Gasteiger partial charge >= 0.3 is 17.9 Å². The summed E-state index contributed by atoms with van der Waals surface area (Å²) in [5, 5.41) is 15.6. The maximum Gasteiger partial charge on any atom is 0.328 e. The molecule has 2 fully saturated rings. The van der Waals surface area contributed by atoms with Crippen molar-refractivity contribution in [1.82, 2.24) is 4.90 Å². The Bertz CT molecular complexity index is 744. The second-order valence-corrected chi connectivity index (χ2v) is 7.59. The molecule has 164 valence electrons. The maximum absolute atomic E-state index is 12.4. The van der Waals surface area contributed by atoms with Crippen LogP contribution in [-0.4, -0.2) is 65.4 Å². The van der Waals surface area contributed by atoms with Gasteiger partial charge in [0.1, 0.15) is 11.9 Å². The molecule has 2 bridgehead atoms. The predicted octanol–water partition coefficient (Wildman–Crippen LogP) is 2.68. The number of benzene rings is 1. The molecule has 30 heavy (non-hydrogen) atoms. The van der Waals surface area contributed by atoms with Crippen LogP contribution in [0, 0.1) is 0 Å². The van der Waals surface area contributed by atoms with Gasteiger partial charge in [0.05, 0.1) is 13.0 Å². The molecule has 0 radical (unpaired) electrons. The molecule has 1 aromatic carbocycles. The molecule has 0 aliphatic carbocycles. The number of carboxylic acids is 2. The van der Waals surface area contributed by atoms with Crippen LogP contribution in [-0.2, 0) is 19.1 Å². The Kier molecular flexibility index (Phi) is 8.41. The number of ether oxygens (including phenoxy) is 2. The van der Waals surface area contributed by atoms with Gasteiger partial charge in [0.2, 0.25) is 0 Å². The molecule has 0 spiro atoms. The highest BCUT2D eigenvalue weighted by Gasteiger charge is 2.40. The number of methoxy groups -OCH3 is 1. The maximum atomic E-state index is 12.4. The van der Waals surface area contributed by atoms with Crippen molar-refractivity contribution in [3.05, 3.63) is 42.0 Å². The van der Waals surface area contributed by atoms with E-state index >= 15 is 0 Å². The Hall–Kier alpha value is -2.87. The van der Waals surface area contributed by atoms with Crippen molar-refractivity contribution in [3.63, 3.8) is 0 Å². The number of aliphatic carboxylic acids is 2. The van der Waals surface area contributed by atoms with Crippen LogP contribution in [0.5, 0.6) is 5.75 Å². The van der Waals surface area contributed by atoms with Gasteiger partial charge in [-0.2, -0.15) is 0 Å². The predicted molar refractivity (Wildman–Crippen MR) is 110 cm³/mol. The smallest absolute Gasteiger partial charge is 0.328 e. The van der Waals surface area contributed by atoms with E-state index in [2.05, 4.69) is 11.9 Å². The summed E-state index contributed by atoms with van der Waals surface area (Å²) in [4.78, 5) is 34.0. The van der Waals surface area contributed by atoms with Crippen molar-refractivity contribution in [1.29, 1.82) is 0 Å². The second kappa shape index (κ2) is 10.8. The molecule has 0 aromatic heterocycles. The van der Waals surface area contributed by atoms with Gasteiger partial charge in [-0.25, -0.2) is 9.59 Å². The third-order valence-corrected chi connectivity index (χ3v) is 5.68. The van der Waals surface area contributed by atoms with Crippen molar-refractivity contribution in [3.8, 4) is 5.75 Å². The van der Waals surface area contributed by atoms with E-state index in [1.165, 1.54) is 12.8 Å². The van der Waals surface area contributed by atoms with Crippen molar-refractivity contribution in [2.24, 2.45) is 0 Å². The first-order valence-corrected chi connectivity index (χ1v) is 9.91. The molecule has 2 N–H and O–H groups in total. The molecule has 3 unspecified atom stereocenters. The fourth-order valence-corrected chi connectivity index (χ4v) is 3.90. The summed E-state index contributed by atoms with van der Waals surface area (Å²) in [6.45, 7) is 1.91. The molecular formula is C22H29NO7. The first-order valence-electron chi connectivity index (χ1n) is 9.91. The number of carbonyl (C=O) groups excluding carboxylic acids is 1. The molecule has 2 saturated heterocycles. The SMILES string of the molecule is COc1ccc(C(C)C(=O)OC2CC3CCC(C2)N3C)cc1.O=C(O)/C=C\C(=O)O. The average molecular weight is 419 g/mol. The molecule has 2 aliphatic heterocycles.